The lowest BCUT2D eigenvalue weighted by molar-refractivity contribution is 0.0422. The lowest BCUT2D eigenvalue weighted by Crippen LogP contribution is -2.16. The molecule has 0 spiro atoms. The van der Waals surface area contributed by atoms with Gasteiger partial charge in [0.2, 0.25) is 0 Å². The van der Waals surface area contributed by atoms with Gasteiger partial charge in [0, 0.05) is 16.5 Å². The van der Waals surface area contributed by atoms with Crippen LogP contribution in [-0.4, -0.2) is 0 Å². The molecule has 0 amide bonds. The van der Waals surface area contributed by atoms with Crippen molar-refractivity contribution in [2.75, 3.05) is 0 Å². The first-order valence-electron chi connectivity index (χ1n) is 16.2. The van der Waals surface area contributed by atoms with Crippen molar-refractivity contribution in [3.05, 3.63) is 131 Å². The van der Waals surface area contributed by atoms with Crippen LogP contribution in [0.5, 0.6) is 0 Å². The van der Waals surface area contributed by atoms with E-state index in [1.54, 1.807) is 12.1 Å². The second kappa shape index (κ2) is 13.5. The normalized spacial score (nSPS) is 16.9. The van der Waals surface area contributed by atoms with Gasteiger partial charge in [-0.2, -0.15) is 8.78 Å². The molecule has 47 heavy (non-hydrogen) atoms. The predicted octanol–water partition coefficient (Wildman–Crippen LogP) is 12.5. The van der Waals surface area contributed by atoms with Crippen LogP contribution in [0, 0.1) is 40.9 Å². The summed E-state index contributed by atoms with van der Waals surface area (Å²) < 4.78 is 103. The first-order chi connectivity index (χ1) is 22.5. The zero-order valence-corrected chi connectivity index (χ0v) is 26.0. The van der Waals surface area contributed by atoms with E-state index in [1.165, 1.54) is 68.9 Å². The second-order valence-electron chi connectivity index (χ2n) is 12.8. The third-order valence-corrected chi connectivity index (χ3v) is 9.71. The van der Waals surface area contributed by atoms with E-state index >= 15 is 17.6 Å². The van der Waals surface area contributed by atoms with E-state index in [2.05, 4.69) is 6.92 Å². The molecule has 0 aliphatic heterocycles. The fourth-order valence-corrected chi connectivity index (χ4v) is 6.98. The van der Waals surface area contributed by atoms with Gasteiger partial charge in [-0.25, -0.2) is 22.0 Å². The predicted molar refractivity (Wildman–Crippen MR) is 173 cm³/mol. The van der Waals surface area contributed by atoms with Gasteiger partial charge in [0.25, 0.3) is 5.92 Å². The number of hydrogen-bond acceptors (Lipinski definition) is 0. The summed E-state index contributed by atoms with van der Waals surface area (Å²) in [4.78, 5) is 0. The number of hydrogen-bond donors (Lipinski definition) is 0. The van der Waals surface area contributed by atoms with Crippen molar-refractivity contribution in [1.29, 1.82) is 0 Å². The molecule has 0 aromatic heterocycles. The largest absolute Gasteiger partial charge is 0.298 e. The third-order valence-electron chi connectivity index (χ3n) is 9.71. The molecule has 7 heteroatoms. The average Bonchev–Trinajstić information content (AvgIpc) is 3.07. The van der Waals surface area contributed by atoms with E-state index < -0.39 is 46.1 Å². The van der Waals surface area contributed by atoms with E-state index in [9.17, 15) is 13.2 Å². The molecule has 244 valence electrons. The number of fused-ring (bicyclic) bond motifs is 1. The molecule has 0 N–H and O–H groups in total. The molecule has 0 atom stereocenters. The lowest BCUT2D eigenvalue weighted by Gasteiger charge is -2.28. The standard InChI is InChI=1S/C40H35F7/c1-2-3-24-4-6-25(7-5-24)8-9-26-10-12-28(13-11-26)37-34(41)22-32(23-35(37)42)40(46,47)31-17-14-27(15-18-31)29-16-19-33-30(20-29)21-36(43)39(45)38(33)44/h10-25H,2-9H2,1H3. The van der Waals surface area contributed by atoms with E-state index in [0.717, 1.165) is 42.5 Å². The van der Waals surface area contributed by atoms with Crippen LogP contribution in [0.1, 0.15) is 68.6 Å². The van der Waals surface area contributed by atoms with Crippen LogP contribution in [0.15, 0.2) is 84.9 Å². The SMILES string of the molecule is CCCC1CCC(CCc2ccc(-c3c(F)cc(C(F)(F)c4ccc(-c5ccc6c(F)c(F)c(F)cc6c5)cc4)cc3F)cc2)CC1. The van der Waals surface area contributed by atoms with Gasteiger partial charge in [-0.1, -0.05) is 106 Å². The van der Waals surface area contributed by atoms with Gasteiger partial charge < -0.3 is 0 Å². The third kappa shape index (κ3) is 6.81. The Morgan fingerprint density at radius 1 is 0.574 bits per heavy atom. The van der Waals surface area contributed by atoms with Crippen LogP contribution in [-0.2, 0) is 12.3 Å². The summed E-state index contributed by atoms with van der Waals surface area (Å²) in [6.07, 6.45) is 9.58. The average molecular weight is 649 g/mol. The molecule has 6 rings (SSSR count). The van der Waals surface area contributed by atoms with Crippen molar-refractivity contribution in [2.45, 2.75) is 64.2 Å². The summed E-state index contributed by atoms with van der Waals surface area (Å²) in [5.41, 5.74) is 0.593. The summed E-state index contributed by atoms with van der Waals surface area (Å²) in [5.74, 6) is -8.55. The minimum Gasteiger partial charge on any atom is -0.206 e. The van der Waals surface area contributed by atoms with Crippen LogP contribution >= 0.6 is 0 Å². The Balaban J connectivity index is 1.16. The topological polar surface area (TPSA) is 0 Å². The van der Waals surface area contributed by atoms with Gasteiger partial charge in [0.1, 0.15) is 11.6 Å². The van der Waals surface area contributed by atoms with Gasteiger partial charge in [-0.15, -0.1) is 0 Å². The highest BCUT2D eigenvalue weighted by molar-refractivity contribution is 5.88. The molecule has 1 saturated carbocycles. The Morgan fingerprint density at radius 3 is 1.77 bits per heavy atom. The highest BCUT2D eigenvalue weighted by Gasteiger charge is 2.36. The summed E-state index contributed by atoms with van der Waals surface area (Å²) in [6, 6.07) is 18.3. The summed E-state index contributed by atoms with van der Waals surface area (Å²) >= 11 is 0. The van der Waals surface area contributed by atoms with E-state index in [0.29, 0.717) is 29.2 Å². The monoisotopic (exact) mass is 648 g/mol. The Kier molecular flexibility index (Phi) is 9.45. The summed E-state index contributed by atoms with van der Waals surface area (Å²) in [7, 11) is 0. The summed E-state index contributed by atoms with van der Waals surface area (Å²) in [6.45, 7) is 2.23. The van der Waals surface area contributed by atoms with E-state index in [-0.39, 0.29) is 21.9 Å². The molecular formula is C40H35F7. The molecule has 0 radical (unpaired) electrons. The van der Waals surface area contributed by atoms with Crippen molar-refractivity contribution >= 4 is 10.8 Å². The maximum absolute atomic E-state index is 15.6. The molecule has 0 nitrogen and oxygen atoms in total. The highest BCUT2D eigenvalue weighted by atomic mass is 19.3. The van der Waals surface area contributed by atoms with Crippen LogP contribution in [0.3, 0.4) is 0 Å². The van der Waals surface area contributed by atoms with Crippen LogP contribution in [0.2, 0.25) is 0 Å². The molecule has 5 aromatic carbocycles. The van der Waals surface area contributed by atoms with Crippen molar-refractivity contribution in [2.24, 2.45) is 11.8 Å². The van der Waals surface area contributed by atoms with Crippen LogP contribution < -0.4 is 0 Å². The second-order valence-corrected chi connectivity index (χ2v) is 12.8. The van der Waals surface area contributed by atoms with E-state index in [4.69, 9.17) is 0 Å². The maximum Gasteiger partial charge on any atom is 0.298 e. The van der Waals surface area contributed by atoms with Gasteiger partial charge in [-0.05, 0) is 76.6 Å². The molecule has 5 aromatic rings. The minimum atomic E-state index is -3.72. The number of benzene rings is 5. The fraction of sp³-hybridized carbons (Fsp3) is 0.300. The van der Waals surface area contributed by atoms with Gasteiger partial charge in [0.05, 0.1) is 5.56 Å². The van der Waals surface area contributed by atoms with Crippen LogP contribution in [0.4, 0.5) is 30.7 Å². The van der Waals surface area contributed by atoms with Gasteiger partial charge in [-0.3, -0.25) is 0 Å². The molecule has 0 bridgehead atoms. The first kappa shape index (κ1) is 32.8. The molecular weight excluding hydrogens is 613 g/mol. The Labute approximate surface area is 270 Å². The van der Waals surface area contributed by atoms with E-state index in [1.807, 2.05) is 12.1 Å². The van der Waals surface area contributed by atoms with Crippen LogP contribution in [0.25, 0.3) is 33.0 Å². The van der Waals surface area contributed by atoms with Crippen molar-refractivity contribution < 1.29 is 30.7 Å². The summed E-state index contributed by atoms with van der Waals surface area (Å²) in [5, 5.41) is -0.0109. The highest BCUT2D eigenvalue weighted by Crippen LogP contribution is 2.40. The molecule has 1 fully saturated rings. The number of aryl methyl sites for hydroxylation is 1. The minimum absolute atomic E-state index is 0.105. The molecule has 0 heterocycles. The molecule has 1 aliphatic rings. The maximum atomic E-state index is 15.6. The first-order valence-corrected chi connectivity index (χ1v) is 16.2. The molecule has 0 saturated heterocycles. The van der Waals surface area contributed by atoms with Crippen molar-refractivity contribution in [3.8, 4) is 22.3 Å². The lowest BCUT2D eigenvalue weighted by atomic mass is 9.78. The number of halogens is 7. The smallest absolute Gasteiger partial charge is 0.206 e. The molecule has 1 aliphatic carbocycles. The van der Waals surface area contributed by atoms with Gasteiger partial charge >= 0.3 is 0 Å². The zero-order chi connectivity index (χ0) is 33.3. The van der Waals surface area contributed by atoms with Gasteiger partial charge in [0.15, 0.2) is 17.5 Å². The Morgan fingerprint density at radius 2 is 1.15 bits per heavy atom. The quantitative estimate of drug-likeness (QED) is 0.110. The van der Waals surface area contributed by atoms with Crippen molar-refractivity contribution in [1.82, 2.24) is 0 Å². The van der Waals surface area contributed by atoms with Crippen molar-refractivity contribution in [3.63, 3.8) is 0 Å². The Hall–Kier alpha value is -4.13. The molecule has 0 unspecified atom stereocenters. The fourth-order valence-electron chi connectivity index (χ4n) is 6.98. The Bertz CT molecular complexity index is 1850. The zero-order valence-electron chi connectivity index (χ0n) is 26.0. The number of rotatable bonds is 9. The number of alkyl halides is 2.